The van der Waals surface area contributed by atoms with Crippen molar-refractivity contribution >= 4 is 0 Å². The van der Waals surface area contributed by atoms with Crippen LogP contribution in [0.1, 0.15) is 55.0 Å². The van der Waals surface area contributed by atoms with Gasteiger partial charge in [-0.15, -0.1) is 0 Å². The van der Waals surface area contributed by atoms with Crippen molar-refractivity contribution < 1.29 is 4.52 Å². The molecule has 0 bridgehead atoms. The van der Waals surface area contributed by atoms with Crippen molar-refractivity contribution in [1.29, 1.82) is 0 Å². The Morgan fingerprint density at radius 2 is 2.07 bits per heavy atom. The van der Waals surface area contributed by atoms with E-state index in [1.165, 1.54) is 37.7 Å². The molecule has 15 heavy (non-hydrogen) atoms. The van der Waals surface area contributed by atoms with Crippen molar-refractivity contribution in [3.05, 3.63) is 17.0 Å². The van der Waals surface area contributed by atoms with Gasteiger partial charge in [0.2, 0.25) is 0 Å². The minimum absolute atomic E-state index is 0.599. The summed E-state index contributed by atoms with van der Waals surface area (Å²) in [5.74, 6) is 1.72. The van der Waals surface area contributed by atoms with Crippen molar-refractivity contribution in [2.75, 3.05) is 6.54 Å². The summed E-state index contributed by atoms with van der Waals surface area (Å²) in [5.41, 5.74) is 7.91. The lowest BCUT2D eigenvalue weighted by Gasteiger charge is -2.19. The monoisotopic (exact) mass is 208 g/mol. The highest BCUT2D eigenvalue weighted by molar-refractivity contribution is 5.25. The van der Waals surface area contributed by atoms with Gasteiger partial charge in [-0.3, -0.25) is 0 Å². The molecule has 3 heteroatoms. The molecule has 0 aromatic carbocycles. The van der Waals surface area contributed by atoms with Crippen molar-refractivity contribution in [2.24, 2.45) is 5.73 Å². The molecule has 0 saturated heterocycles. The van der Waals surface area contributed by atoms with E-state index in [0.717, 1.165) is 17.9 Å². The average Bonchev–Trinajstić information content (AvgIpc) is 2.63. The van der Waals surface area contributed by atoms with E-state index in [1.807, 2.05) is 6.92 Å². The second-order valence-corrected chi connectivity index (χ2v) is 4.48. The molecule has 1 heterocycles. The summed E-state index contributed by atoms with van der Waals surface area (Å²) in [5, 5.41) is 4.08. The Bertz CT molecular complexity index is 313. The van der Waals surface area contributed by atoms with E-state index in [1.54, 1.807) is 0 Å². The van der Waals surface area contributed by atoms with Crippen LogP contribution in [0, 0.1) is 6.92 Å². The van der Waals surface area contributed by atoms with Gasteiger partial charge < -0.3 is 10.3 Å². The molecule has 2 N–H and O–H groups in total. The maximum atomic E-state index is 5.62. The fourth-order valence-corrected chi connectivity index (χ4v) is 2.54. The summed E-state index contributed by atoms with van der Waals surface area (Å²) in [6, 6.07) is 0. The Hall–Kier alpha value is -0.830. The maximum absolute atomic E-state index is 5.62. The van der Waals surface area contributed by atoms with E-state index in [-0.39, 0.29) is 0 Å². The lowest BCUT2D eigenvalue weighted by molar-refractivity contribution is 0.318. The Labute approximate surface area is 91.0 Å². The van der Waals surface area contributed by atoms with Gasteiger partial charge >= 0.3 is 0 Å². The molecule has 0 aliphatic heterocycles. The van der Waals surface area contributed by atoms with Crippen molar-refractivity contribution in [3.63, 3.8) is 0 Å². The van der Waals surface area contributed by atoms with Crippen LogP contribution in [0.3, 0.4) is 0 Å². The molecule has 0 spiro atoms. The summed E-state index contributed by atoms with van der Waals surface area (Å²) in [6.45, 7) is 2.70. The number of hydrogen-bond donors (Lipinski definition) is 1. The summed E-state index contributed by atoms with van der Waals surface area (Å²) >= 11 is 0. The summed E-state index contributed by atoms with van der Waals surface area (Å²) in [6.07, 6.45) is 7.44. The molecular weight excluding hydrogens is 188 g/mol. The molecule has 0 amide bonds. The van der Waals surface area contributed by atoms with Crippen LogP contribution in [0.15, 0.2) is 4.52 Å². The number of hydrogen-bond acceptors (Lipinski definition) is 3. The van der Waals surface area contributed by atoms with Crippen LogP contribution < -0.4 is 5.73 Å². The van der Waals surface area contributed by atoms with Crippen molar-refractivity contribution in [2.45, 2.75) is 51.4 Å². The molecule has 1 aliphatic carbocycles. The Balaban J connectivity index is 2.18. The molecule has 3 nitrogen and oxygen atoms in total. The minimum atomic E-state index is 0.599. The Morgan fingerprint density at radius 3 is 2.73 bits per heavy atom. The van der Waals surface area contributed by atoms with Gasteiger partial charge in [-0.2, -0.15) is 0 Å². The number of rotatable bonds is 3. The van der Waals surface area contributed by atoms with Crippen LogP contribution >= 0.6 is 0 Å². The molecule has 1 aromatic heterocycles. The molecule has 0 atom stereocenters. The highest BCUT2D eigenvalue weighted by atomic mass is 16.5. The molecular formula is C12H20N2O. The van der Waals surface area contributed by atoms with Gasteiger partial charge in [0.05, 0.1) is 5.69 Å². The van der Waals surface area contributed by atoms with Crippen LogP contribution in [0.25, 0.3) is 0 Å². The Morgan fingerprint density at radius 1 is 1.33 bits per heavy atom. The summed E-state index contributed by atoms with van der Waals surface area (Å²) in [4.78, 5) is 0. The normalized spacial score (nSPS) is 18.3. The van der Waals surface area contributed by atoms with Gasteiger partial charge in [0, 0.05) is 11.5 Å². The van der Waals surface area contributed by atoms with Crippen LogP contribution in [-0.2, 0) is 6.42 Å². The zero-order valence-electron chi connectivity index (χ0n) is 9.46. The second-order valence-electron chi connectivity index (χ2n) is 4.48. The van der Waals surface area contributed by atoms with Gasteiger partial charge in [-0.05, 0) is 32.7 Å². The predicted octanol–water partition coefficient (Wildman–Crippen LogP) is 2.53. The molecule has 1 aliphatic rings. The number of nitrogens with zero attached hydrogens (tertiary/aromatic N) is 1. The second kappa shape index (κ2) is 4.79. The topological polar surface area (TPSA) is 52.0 Å². The standard InChI is InChI=1S/C12H20N2O/c1-9-11(7-8-13)12(15-14-9)10-5-3-2-4-6-10/h10H,2-8,13H2,1H3. The summed E-state index contributed by atoms with van der Waals surface area (Å²) < 4.78 is 5.48. The van der Waals surface area contributed by atoms with E-state index in [0.29, 0.717) is 12.5 Å². The first kappa shape index (κ1) is 10.7. The highest BCUT2D eigenvalue weighted by Gasteiger charge is 2.23. The number of aryl methyl sites for hydroxylation is 1. The van der Waals surface area contributed by atoms with Crippen molar-refractivity contribution in [1.82, 2.24) is 5.16 Å². The average molecular weight is 208 g/mol. The lowest BCUT2D eigenvalue weighted by atomic mass is 9.85. The first-order valence-electron chi connectivity index (χ1n) is 5.98. The van der Waals surface area contributed by atoms with Crippen LogP contribution in [-0.4, -0.2) is 11.7 Å². The largest absolute Gasteiger partial charge is 0.361 e. The predicted molar refractivity (Wildman–Crippen MR) is 59.8 cm³/mol. The molecule has 0 radical (unpaired) electrons. The molecule has 84 valence electrons. The first-order valence-corrected chi connectivity index (χ1v) is 5.98. The smallest absolute Gasteiger partial charge is 0.143 e. The zero-order chi connectivity index (χ0) is 10.7. The Kier molecular flexibility index (Phi) is 3.41. The quantitative estimate of drug-likeness (QED) is 0.830. The van der Waals surface area contributed by atoms with E-state index < -0.39 is 0 Å². The van der Waals surface area contributed by atoms with Crippen molar-refractivity contribution in [3.8, 4) is 0 Å². The van der Waals surface area contributed by atoms with Gasteiger partial charge in [-0.25, -0.2) is 0 Å². The third kappa shape index (κ3) is 2.23. The van der Waals surface area contributed by atoms with Gasteiger partial charge in [0.25, 0.3) is 0 Å². The molecule has 1 fully saturated rings. The van der Waals surface area contributed by atoms with Gasteiger partial charge in [0.1, 0.15) is 5.76 Å². The third-order valence-corrected chi connectivity index (χ3v) is 3.39. The minimum Gasteiger partial charge on any atom is -0.361 e. The van der Waals surface area contributed by atoms with E-state index in [9.17, 15) is 0 Å². The van der Waals surface area contributed by atoms with E-state index in [4.69, 9.17) is 10.3 Å². The zero-order valence-corrected chi connectivity index (χ0v) is 9.46. The molecule has 1 saturated carbocycles. The van der Waals surface area contributed by atoms with Crippen LogP contribution in [0.5, 0.6) is 0 Å². The first-order chi connectivity index (χ1) is 7.33. The van der Waals surface area contributed by atoms with Gasteiger partial charge in [-0.1, -0.05) is 24.4 Å². The number of aromatic nitrogens is 1. The summed E-state index contributed by atoms with van der Waals surface area (Å²) in [7, 11) is 0. The fourth-order valence-electron chi connectivity index (χ4n) is 2.54. The van der Waals surface area contributed by atoms with Crippen LogP contribution in [0.4, 0.5) is 0 Å². The van der Waals surface area contributed by atoms with Gasteiger partial charge in [0.15, 0.2) is 0 Å². The SMILES string of the molecule is Cc1noc(C2CCCCC2)c1CCN. The maximum Gasteiger partial charge on any atom is 0.143 e. The van der Waals surface area contributed by atoms with E-state index >= 15 is 0 Å². The third-order valence-electron chi connectivity index (χ3n) is 3.39. The lowest BCUT2D eigenvalue weighted by Crippen LogP contribution is -2.09. The molecule has 0 unspecified atom stereocenters. The van der Waals surface area contributed by atoms with E-state index in [2.05, 4.69) is 5.16 Å². The molecule has 1 aromatic rings. The molecule has 2 rings (SSSR count). The van der Waals surface area contributed by atoms with Crippen LogP contribution in [0.2, 0.25) is 0 Å². The number of nitrogens with two attached hydrogens (primary N) is 1. The fraction of sp³-hybridized carbons (Fsp3) is 0.750. The highest BCUT2D eigenvalue weighted by Crippen LogP contribution is 2.35.